The maximum absolute atomic E-state index is 11.6. The Kier molecular flexibility index (Phi) is 3.26. The number of urea groups is 1. The van der Waals surface area contributed by atoms with E-state index in [0.717, 1.165) is 25.9 Å². The van der Waals surface area contributed by atoms with Crippen molar-refractivity contribution in [3.63, 3.8) is 0 Å². The van der Waals surface area contributed by atoms with Crippen LogP contribution in [0.5, 0.6) is 0 Å². The molecule has 0 aromatic heterocycles. The largest absolute Gasteiger partial charge is 0.397 e. The lowest BCUT2D eigenvalue weighted by Crippen LogP contribution is -2.42. The van der Waals surface area contributed by atoms with Crippen LogP contribution in [0.2, 0.25) is 0 Å². The number of rotatable bonds is 2. The number of nitrogen functional groups attached to an aromatic ring is 1. The van der Waals surface area contributed by atoms with E-state index < -0.39 is 0 Å². The number of amides is 2. The van der Waals surface area contributed by atoms with E-state index >= 15 is 0 Å². The highest BCUT2D eigenvalue weighted by atomic mass is 16.2. The Morgan fingerprint density at radius 2 is 1.94 bits per heavy atom. The molecule has 5 nitrogen and oxygen atoms in total. The Morgan fingerprint density at radius 3 is 2.62 bits per heavy atom. The fourth-order valence-electron chi connectivity index (χ4n) is 1.73. The number of nitrogens with two attached hydrogens (primary N) is 1. The summed E-state index contributed by atoms with van der Waals surface area (Å²) in [5.41, 5.74) is 9.71. The van der Waals surface area contributed by atoms with Gasteiger partial charge in [-0.05, 0) is 25.0 Å². The standard InChI is InChI=1S/C11H16N4O/c12-9-5-1-2-6-10(9)13-11(16)14-15-7-3-4-8-15/h1-2,5-6H,3-4,7-8,12H2,(H2,13,14,16). The molecule has 1 aromatic carbocycles. The van der Waals surface area contributed by atoms with Crippen molar-refractivity contribution in [2.75, 3.05) is 24.1 Å². The fourth-order valence-corrected chi connectivity index (χ4v) is 1.73. The van der Waals surface area contributed by atoms with Crippen LogP contribution in [-0.2, 0) is 0 Å². The Bertz CT molecular complexity index is 374. The number of nitrogens with one attached hydrogen (secondary N) is 2. The SMILES string of the molecule is Nc1ccccc1NC(=O)NN1CCCC1. The van der Waals surface area contributed by atoms with Gasteiger partial charge >= 0.3 is 6.03 Å². The molecule has 2 rings (SSSR count). The lowest BCUT2D eigenvalue weighted by atomic mass is 10.3. The van der Waals surface area contributed by atoms with Gasteiger partial charge in [0.1, 0.15) is 0 Å². The predicted molar refractivity (Wildman–Crippen MR) is 63.8 cm³/mol. The van der Waals surface area contributed by atoms with Crippen molar-refractivity contribution in [1.82, 2.24) is 10.4 Å². The molecule has 0 unspecified atom stereocenters. The number of hydrogen-bond acceptors (Lipinski definition) is 3. The number of nitrogens with zero attached hydrogens (tertiary/aromatic N) is 1. The van der Waals surface area contributed by atoms with Crippen molar-refractivity contribution in [2.45, 2.75) is 12.8 Å². The number of carbonyl (C=O) groups is 1. The Hall–Kier alpha value is -1.75. The Labute approximate surface area is 94.6 Å². The average molecular weight is 220 g/mol. The first-order valence-corrected chi connectivity index (χ1v) is 5.43. The van der Waals surface area contributed by atoms with E-state index in [0.29, 0.717) is 11.4 Å². The van der Waals surface area contributed by atoms with Crippen LogP contribution in [0.4, 0.5) is 16.2 Å². The molecule has 0 saturated carbocycles. The topological polar surface area (TPSA) is 70.4 Å². The molecular weight excluding hydrogens is 204 g/mol. The molecule has 0 radical (unpaired) electrons. The molecule has 5 heteroatoms. The third-order valence-electron chi connectivity index (χ3n) is 2.57. The summed E-state index contributed by atoms with van der Waals surface area (Å²) in [6.45, 7) is 1.83. The normalized spacial score (nSPS) is 16.0. The van der Waals surface area contributed by atoms with Gasteiger partial charge in [-0.15, -0.1) is 0 Å². The molecule has 0 aliphatic carbocycles. The van der Waals surface area contributed by atoms with Crippen LogP contribution < -0.4 is 16.5 Å². The Balaban J connectivity index is 1.89. The van der Waals surface area contributed by atoms with Crippen molar-refractivity contribution in [3.8, 4) is 0 Å². The lowest BCUT2D eigenvalue weighted by Gasteiger charge is -2.17. The zero-order valence-corrected chi connectivity index (χ0v) is 9.07. The van der Waals surface area contributed by atoms with Gasteiger partial charge in [-0.3, -0.25) is 5.43 Å². The molecule has 1 aromatic rings. The van der Waals surface area contributed by atoms with Gasteiger partial charge in [-0.2, -0.15) is 0 Å². The maximum atomic E-state index is 11.6. The van der Waals surface area contributed by atoms with Crippen LogP contribution >= 0.6 is 0 Å². The summed E-state index contributed by atoms with van der Waals surface area (Å²) in [6, 6.07) is 6.96. The molecule has 1 aliphatic rings. The van der Waals surface area contributed by atoms with E-state index in [1.165, 1.54) is 0 Å². The molecule has 0 spiro atoms. The monoisotopic (exact) mass is 220 g/mol. The van der Waals surface area contributed by atoms with Gasteiger partial charge in [0.25, 0.3) is 0 Å². The first-order chi connectivity index (χ1) is 7.75. The summed E-state index contributed by atoms with van der Waals surface area (Å²) < 4.78 is 0. The van der Waals surface area contributed by atoms with Crippen LogP contribution in [0, 0.1) is 0 Å². The number of hydrazine groups is 1. The highest BCUT2D eigenvalue weighted by molar-refractivity contribution is 5.92. The number of carbonyl (C=O) groups excluding carboxylic acids is 1. The van der Waals surface area contributed by atoms with Crippen molar-refractivity contribution in [1.29, 1.82) is 0 Å². The Morgan fingerprint density at radius 1 is 1.25 bits per heavy atom. The summed E-state index contributed by atoms with van der Waals surface area (Å²) in [6.07, 6.45) is 2.27. The molecule has 0 bridgehead atoms. The van der Waals surface area contributed by atoms with E-state index in [2.05, 4.69) is 10.7 Å². The highest BCUT2D eigenvalue weighted by Gasteiger charge is 2.14. The van der Waals surface area contributed by atoms with E-state index in [4.69, 9.17) is 5.73 Å². The molecule has 1 fully saturated rings. The van der Waals surface area contributed by atoms with E-state index in [1.54, 1.807) is 12.1 Å². The van der Waals surface area contributed by atoms with Gasteiger partial charge in [0, 0.05) is 13.1 Å². The second-order valence-electron chi connectivity index (χ2n) is 3.85. The minimum Gasteiger partial charge on any atom is -0.397 e. The summed E-state index contributed by atoms with van der Waals surface area (Å²) in [5, 5.41) is 4.63. The first kappa shape index (κ1) is 10.8. The number of para-hydroxylation sites is 2. The molecule has 0 atom stereocenters. The molecule has 1 heterocycles. The number of hydrogen-bond donors (Lipinski definition) is 3. The molecule has 86 valence electrons. The second kappa shape index (κ2) is 4.85. The van der Waals surface area contributed by atoms with Gasteiger partial charge in [0.05, 0.1) is 11.4 Å². The number of benzene rings is 1. The lowest BCUT2D eigenvalue weighted by molar-refractivity contribution is 0.209. The molecule has 1 aliphatic heterocycles. The van der Waals surface area contributed by atoms with Crippen molar-refractivity contribution < 1.29 is 4.79 Å². The predicted octanol–water partition coefficient (Wildman–Crippen LogP) is 1.40. The smallest absolute Gasteiger partial charge is 0.333 e. The van der Waals surface area contributed by atoms with Gasteiger partial charge in [-0.25, -0.2) is 9.80 Å². The quantitative estimate of drug-likeness (QED) is 0.660. The van der Waals surface area contributed by atoms with Crippen molar-refractivity contribution in [2.24, 2.45) is 0 Å². The third kappa shape index (κ3) is 2.64. The fraction of sp³-hybridized carbons (Fsp3) is 0.364. The average Bonchev–Trinajstić information content (AvgIpc) is 2.74. The number of anilines is 2. The van der Waals surface area contributed by atoms with Crippen LogP contribution in [-0.4, -0.2) is 24.1 Å². The van der Waals surface area contributed by atoms with Crippen molar-refractivity contribution in [3.05, 3.63) is 24.3 Å². The first-order valence-electron chi connectivity index (χ1n) is 5.43. The second-order valence-corrected chi connectivity index (χ2v) is 3.85. The van der Waals surface area contributed by atoms with E-state index in [1.807, 2.05) is 17.1 Å². The minimum atomic E-state index is -0.236. The third-order valence-corrected chi connectivity index (χ3v) is 2.57. The summed E-state index contributed by atoms with van der Waals surface area (Å²) in [7, 11) is 0. The zero-order valence-electron chi connectivity index (χ0n) is 9.07. The molecular formula is C11H16N4O. The zero-order chi connectivity index (χ0) is 11.4. The minimum absolute atomic E-state index is 0.236. The van der Waals surface area contributed by atoms with Crippen LogP contribution in [0.25, 0.3) is 0 Å². The summed E-state index contributed by atoms with van der Waals surface area (Å²) >= 11 is 0. The molecule has 2 amide bonds. The van der Waals surface area contributed by atoms with E-state index in [9.17, 15) is 4.79 Å². The molecule has 1 saturated heterocycles. The van der Waals surface area contributed by atoms with Gasteiger partial charge in [0.15, 0.2) is 0 Å². The summed E-state index contributed by atoms with van der Waals surface area (Å²) in [5.74, 6) is 0. The van der Waals surface area contributed by atoms with Gasteiger partial charge < -0.3 is 11.1 Å². The van der Waals surface area contributed by atoms with Crippen LogP contribution in [0.3, 0.4) is 0 Å². The van der Waals surface area contributed by atoms with Crippen LogP contribution in [0.1, 0.15) is 12.8 Å². The summed E-state index contributed by atoms with van der Waals surface area (Å²) in [4.78, 5) is 11.6. The van der Waals surface area contributed by atoms with Crippen molar-refractivity contribution >= 4 is 17.4 Å². The molecule has 4 N–H and O–H groups in total. The van der Waals surface area contributed by atoms with Gasteiger partial charge in [-0.1, -0.05) is 12.1 Å². The van der Waals surface area contributed by atoms with Gasteiger partial charge in [0.2, 0.25) is 0 Å². The molecule has 16 heavy (non-hydrogen) atoms. The van der Waals surface area contributed by atoms with Crippen LogP contribution in [0.15, 0.2) is 24.3 Å². The highest BCUT2D eigenvalue weighted by Crippen LogP contribution is 2.16. The maximum Gasteiger partial charge on any atom is 0.333 e. The van der Waals surface area contributed by atoms with E-state index in [-0.39, 0.29) is 6.03 Å².